The molecule has 0 unspecified atom stereocenters. The van der Waals surface area contributed by atoms with Crippen molar-refractivity contribution >= 4 is 13.3 Å². The maximum absolute atomic E-state index is 13.4. The Balaban J connectivity index is 3.05. The van der Waals surface area contributed by atoms with Crippen LogP contribution in [-0.4, -0.2) is 21.7 Å². The van der Waals surface area contributed by atoms with Crippen LogP contribution in [0.15, 0.2) is 12.1 Å². The van der Waals surface area contributed by atoms with Crippen LogP contribution < -0.4 is 10.2 Å². The molecular weight excluding hydrogens is 208 g/mol. The van der Waals surface area contributed by atoms with Gasteiger partial charge in [0.25, 0.3) is 6.43 Å². The molecule has 0 saturated carbocycles. The molecule has 1 aromatic carbocycles. The molecule has 1 aromatic rings. The van der Waals surface area contributed by atoms with E-state index in [-0.39, 0.29) is 18.0 Å². The highest BCUT2D eigenvalue weighted by Crippen LogP contribution is 2.26. The van der Waals surface area contributed by atoms with Gasteiger partial charge in [-0.05, 0) is 6.07 Å². The van der Waals surface area contributed by atoms with E-state index in [0.29, 0.717) is 0 Å². The number of alkyl halides is 2. The Kier molecular flexibility index (Phi) is 4.02. The van der Waals surface area contributed by atoms with Crippen molar-refractivity contribution in [3.05, 3.63) is 23.5 Å². The lowest BCUT2D eigenvalue weighted by Crippen LogP contribution is -2.15. The van der Waals surface area contributed by atoms with Crippen molar-refractivity contribution < 1.29 is 22.6 Å². The van der Waals surface area contributed by atoms with Crippen LogP contribution in [0, 0.1) is 5.82 Å². The molecule has 15 heavy (non-hydrogen) atoms. The van der Waals surface area contributed by atoms with Gasteiger partial charge < -0.3 is 9.47 Å². The SMILES string of the molecule is [B]c1ccc(OCOC)c(F)c1C(F)F. The maximum atomic E-state index is 13.4. The van der Waals surface area contributed by atoms with Crippen LogP contribution in [0.5, 0.6) is 5.75 Å². The van der Waals surface area contributed by atoms with Crippen molar-refractivity contribution in [2.75, 3.05) is 13.9 Å². The Morgan fingerprint density at radius 2 is 2.07 bits per heavy atom. The fraction of sp³-hybridized carbons (Fsp3) is 0.333. The molecule has 80 valence electrons. The summed E-state index contributed by atoms with van der Waals surface area (Å²) >= 11 is 0. The second-order valence-corrected chi connectivity index (χ2v) is 2.73. The first-order valence-electron chi connectivity index (χ1n) is 4.05. The fourth-order valence-electron chi connectivity index (χ4n) is 1.04. The molecule has 0 aromatic heterocycles. The van der Waals surface area contributed by atoms with Gasteiger partial charge in [-0.15, -0.1) is 0 Å². The van der Waals surface area contributed by atoms with Gasteiger partial charge in [-0.25, -0.2) is 13.2 Å². The molecule has 2 radical (unpaired) electrons. The minimum atomic E-state index is -2.98. The van der Waals surface area contributed by atoms with Crippen LogP contribution in [0.2, 0.25) is 0 Å². The smallest absolute Gasteiger partial charge is 0.266 e. The Morgan fingerprint density at radius 3 is 2.60 bits per heavy atom. The van der Waals surface area contributed by atoms with E-state index in [4.69, 9.17) is 12.6 Å². The Labute approximate surface area is 86.4 Å². The van der Waals surface area contributed by atoms with Crippen LogP contribution in [0.3, 0.4) is 0 Å². The lowest BCUT2D eigenvalue weighted by Gasteiger charge is -2.11. The third kappa shape index (κ3) is 2.65. The number of ether oxygens (including phenoxy) is 2. The zero-order chi connectivity index (χ0) is 11.4. The van der Waals surface area contributed by atoms with Crippen molar-refractivity contribution in [3.63, 3.8) is 0 Å². The fourth-order valence-corrected chi connectivity index (χ4v) is 1.04. The second-order valence-electron chi connectivity index (χ2n) is 2.73. The Morgan fingerprint density at radius 1 is 1.40 bits per heavy atom. The first-order valence-corrected chi connectivity index (χ1v) is 4.05. The van der Waals surface area contributed by atoms with Gasteiger partial charge >= 0.3 is 0 Å². The average Bonchev–Trinajstić information content (AvgIpc) is 2.16. The largest absolute Gasteiger partial charge is 0.464 e. The van der Waals surface area contributed by atoms with E-state index in [9.17, 15) is 13.2 Å². The molecule has 0 aliphatic heterocycles. The summed E-state index contributed by atoms with van der Waals surface area (Å²) in [5.74, 6) is -1.46. The summed E-state index contributed by atoms with van der Waals surface area (Å²) in [5, 5.41) is 0. The molecule has 0 atom stereocenters. The van der Waals surface area contributed by atoms with Crippen molar-refractivity contribution in [1.29, 1.82) is 0 Å². The second kappa shape index (κ2) is 5.07. The number of hydrogen-bond acceptors (Lipinski definition) is 2. The lowest BCUT2D eigenvalue weighted by molar-refractivity contribution is 0.0474. The highest BCUT2D eigenvalue weighted by molar-refractivity contribution is 6.33. The molecule has 0 fully saturated rings. The summed E-state index contributed by atoms with van der Waals surface area (Å²) in [6, 6.07) is 2.34. The quantitative estimate of drug-likeness (QED) is 0.561. The summed E-state index contributed by atoms with van der Waals surface area (Å²) in [6.07, 6.45) is -2.98. The van der Waals surface area contributed by atoms with Gasteiger partial charge in [0.1, 0.15) is 7.85 Å². The zero-order valence-corrected chi connectivity index (χ0v) is 7.97. The molecular formula is C9H8BF3O2. The Hall–Kier alpha value is -1.17. The van der Waals surface area contributed by atoms with Crippen molar-refractivity contribution in [2.45, 2.75) is 6.43 Å². The van der Waals surface area contributed by atoms with Crippen molar-refractivity contribution in [3.8, 4) is 5.75 Å². The van der Waals surface area contributed by atoms with Gasteiger partial charge in [-0.1, -0.05) is 11.5 Å². The van der Waals surface area contributed by atoms with Gasteiger partial charge in [0.05, 0.1) is 5.56 Å². The van der Waals surface area contributed by atoms with E-state index < -0.39 is 17.8 Å². The predicted molar refractivity (Wildman–Crippen MR) is 49.2 cm³/mol. The highest BCUT2D eigenvalue weighted by atomic mass is 19.3. The van der Waals surface area contributed by atoms with E-state index in [1.807, 2.05) is 0 Å². The first kappa shape index (κ1) is 11.9. The summed E-state index contributed by atoms with van der Waals surface area (Å²) in [5.41, 5.74) is -1.14. The van der Waals surface area contributed by atoms with E-state index in [0.717, 1.165) is 6.07 Å². The van der Waals surface area contributed by atoms with Crippen molar-refractivity contribution in [1.82, 2.24) is 0 Å². The first-order chi connectivity index (χ1) is 7.07. The number of benzene rings is 1. The van der Waals surface area contributed by atoms with Gasteiger partial charge in [-0.3, -0.25) is 0 Å². The van der Waals surface area contributed by atoms with Gasteiger partial charge in [0.2, 0.25) is 0 Å². The topological polar surface area (TPSA) is 18.5 Å². The van der Waals surface area contributed by atoms with E-state index >= 15 is 0 Å². The Bertz CT molecular complexity index is 344. The molecule has 0 spiro atoms. The summed E-state index contributed by atoms with van der Waals surface area (Å²) in [6.45, 7) is -0.219. The molecule has 0 N–H and O–H groups in total. The van der Waals surface area contributed by atoms with E-state index in [1.54, 1.807) is 0 Å². The van der Waals surface area contributed by atoms with Crippen LogP contribution in [0.4, 0.5) is 13.2 Å². The van der Waals surface area contributed by atoms with E-state index in [1.165, 1.54) is 13.2 Å². The maximum Gasteiger partial charge on any atom is 0.266 e. The number of rotatable bonds is 4. The zero-order valence-electron chi connectivity index (χ0n) is 7.97. The van der Waals surface area contributed by atoms with Crippen LogP contribution in [0.1, 0.15) is 12.0 Å². The summed E-state index contributed by atoms with van der Waals surface area (Å²) in [7, 11) is 6.55. The van der Waals surface area contributed by atoms with Crippen LogP contribution in [-0.2, 0) is 4.74 Å². The molecule has 0 amide bonds. The number of hydrogen-bond donors (Lipinski definition) is 0. The lowest BCUT2D eigenvalue weighted by atomic mass is 9.90. The summed E-state index contributed by atoms with van der Waals surface area (Å²) in [4.78, 5) is 0. The molecule has 0 saturated heterocycles. The third-order valence-corrected chi connectivity index (χ3v) is 1.73. The predicted octanol–water partition coefficient (Wildman–Crippen LogP) is 1.54. The normalized spacial score (nSPS) is 10.7. The molecule has 0 heterocycles. The molecule has 6 heteroatoms. The molecule has 0 aliphatic carbocycles. The molecule has 0 bridgehead atoms. The van der Waals surface area contributed by atoms with E-state index in [2.05, 4.69) is 4.74 Å². The number of halogens is 3. The highest BCUT2D eigenvalue weighted by Gasteiger charge is 2.19. The van der Waals surface area contributed by atoms with Gasteiger partial charge in [0.15, 0.2) is 18.4 Å². The molecule has 2 nitrogen and oxygen atoms in total. The standard InChI is InChI=1S/C9H8BF3O2/c1-14-4-15-6-3-2-5(10)7(8(6)11)9(12)13/h2-3,9H,4H2,1H3. The minimum absolute atomic E-state index is 0.219. The van der Waals surface area contributed by atoms with Crippen LogP contribution in [0.25, 0.3) is 0 Å². The van der Waals surface area contributed by atoms with Crippen molar-refractivity contribution in [2.24, 2.45) is 0 Å². The average molecular weight is 216 g/mol. The van der Waals surface area contributed by atoms with Gasteiger partial charge in [-0.2, -0.15) is 0 Å². The molecule has 0 aliphatic rings. The van der Waals surface area contributed by atoms with Gasteiger partial charge in [0, 0.05) is 7.11 Å². The van der Waals surface area contributed by atoms with Crippen LogP contribution >= 0.6 is 0 Å². The third-order valence-electron chi connectivity index (χ3n) is 1.73. The molecule has 1 rings (SSSR count). The summed E-state index contributed by atoms with van der Waals surface area (Å²) < 4.78 is 47.4. The monoisotopic (exact) mass is 216 g/mol. The minimum Gasteiger partial charge on any atom is -0.464 e. The number of methoxy groups -OCH3 is 1.